The second-order valence-electron chi connectivity index (χ2n) is 8.46. The van der Waals surface area contributed by atoms with Gasteiger partial charge in [0.2, 0.25) is 5.91 Å². The summed E-state index contributed by atoms with van der Waals surface area (Å²) in [5.41, 5.74) is 4.19. The topological polar surface area (TPSA) is 65.4 Å². The zero-order chi connectivity index (χ0) is 23.5. The van der Waals surface area contributed by atoms with Crippen molar-refractivity contribution in [2.24, 2.45) is 0 Å². The molecule has 0 aromatic heterocycles. The average Bonchev–Trinajstić information content (AvgIpc) is 2.84. The highest BCUT2D eigenvalue weighted by Crippen LogP contribution is 2.31. The molecule has 5 nitrogen and oxygen atoms in total. The molecule has 33 heavy (non-hydrogen) atoms. The van der Waals surface area contributed by atoms with Crippen LogP contribution >= 0.6 is 0 Å². The van der Waals surface area contributed by atoms with Crippen LogP contribution in [0.2, 0.25) is 0 Å². The van der Waals surface area contributed by atoms with Gasteiger partial charge in [0.05, 0.1) is 25.1 Å². The quantitative estimate of drug-likeness (QED) is 0.469. The number of hydrogen-bond acceptors (Lipinski definition) is 4. The number of hydrogen-bond donors (Lipinski definition) is 1. The molecule has 1 unspecified atom stereocenters. The van der Waals surface area contributed by atoms with Gasteiger partial charge in [-0.25, -0.2) is 0 Å². The number of piperidine rings is 1. The third-order valence-electron chi connectivity index (χ3n) is 6.00. The van der Waals surface area contributed by atoms with Crippen molar-refractivity contribution in [3.05, 3.63) is 65.2 Å². The van der Waals surface area contributed by atoms with Gasteiger partial charge in [-0.2, -0.15) is 5.26 Å². The number of para-hydroxylation sites is 1. The van der Waals surface area contributed by atoms with Crippen molar-refractivity contribution < 1.29 is 9.53 Å². The van der Waals surface area contributed by atoms with Crippen LogP contribution in [0.5, 0.6) is 5.75 Å². The van der Waals surface area contributed by atoms with Gasteiger partial charge in [-0.3, -0.25) is 4.79 Å². The smallest absolute Gasteiger partial charge is 0.224 e. The minimum atomic E-state index is -0.00942. The highest BCUT2D eigenvalue weighted by Gasteiger charge is 2.21. The minimum Gasteiger partial charge on any atom is -0.493 e. The number of nitrogens with one attached hydrogen (secondary N) is 1. The summed E-state index contributed by atoms with van der Waals surface area (Å²) < 4.78 is 5.73. The number of ether oxygens (including phenoxy) is 1. The van der Waals surface area contributed by atoms with Crippen LogP contribution in [-0.2, 0) is 11.2 Å². The maximum atomic E-state index is 13.1. The molecule has 1 fully saturated rings. The molecule has 174 valence electrons. The monoisotopic (exact) mass is 445 g/mol. The lowest BCUT2D eigenvalue weighted by atomic mass is 9.97. The first-order valence-electron chi connectivity index (χ1n) is 12.1. The van der Waals surface area contributed by atoms with Gasteiger partial charge in [0.25, 0.3) is 0 Å². The molecule has 0 radical (unpaired) electrons. The van der Waals surface area contributed by atoms with Crippen LogP contribution in [0.4, 0.5) is 5.69 Å². The van der Waals surface area contributed by atoms with Crippen LogP contribution < -0.4 is 15.0 Å². The fourth-order valence-electron chi connectivity index (χ4n) is 4.46. The molecular formula is C28H35N3O2. The third-order valence-corrected chi connectivity index (χ3v) is 6.00. The van der Waals surface area contributed by atoms with Crippen LogP contribution in [0.15, 0.2) is 48.5 Å². The van der Waals surface area contributed by atoms with E-state index in [2.05, 4.69) is 41.4 Å². The van der Waals surface area contributed by atoms with Gasteiger partial charge in [0.1, 0.15) is 5.75 Å². The Morgan fingerprint density at radius 2 is 1.97 bits per heavy atom. The maximum absolute atomic E-state index is 13.1. The van der Waals surface area contributed by atoms with Crippen molar-refractivity contribution in [1.82, 2.24) is 5.32 Å². The second kappa shape index (κ2) is 12.7. The van der Waals surface area contributed by atoms with E-state index in [0.29, 0.717) is 12.4 Å². The molecule has 1 amide bonds. The zero-order valence-electron chi connectivity index (χ0n) is 19.8. The molecule has 0 bridgehead atoms. The fraction of sp³-hybridized carbons (Fsp3) is 0.429. The highest BCUT2D eigenvalue weighted by atomic mass is 16.5. The van der Waals surface area contributed by atoms with E-state index in [1.165, 1.54) is 36.6 Å². The standard InChI is InChI=1S/C28H35N3O2/c1-3-11-25(24-13-6-7-14-26(24)31-18-8-5-9-19-31)30-28(32)21-22-15-16-23(12-10-17-29)27(20-22)33-4-2/h6-7,10,12-16,20,25H,3-5,8-9,11,18-19,21H2,1-2H3,(H,30,32). The number of anilines is 1. The van der Waals surface area contributed by atoms with Gasteiger partial charge in [-0.05, 0) is 61.9 Å². The van der Waals surface area contributed by atoms with Crippen molar-refractivity contribution in [1.29, 1.82) is 5.26 Å². The lowest BCUT2D eigenvalue weighted by molar-refractivity contribution is -0.121. The van der Waals surface area contributed by atoms with Crippen LogP contribution in [0.25, 0.3) is 6.08 Å². The lowest BCUT2D eigenvalue weighted by Crippen LogP contribution is -2.34. The average molecular weight is 446 g/mol. The summed E-state index contributed by atoms with van der Waals surface area (Å²) in [5, 5.41) is 12.1. The Kier molecular flexibility index (Phi) is 9.38. The molecule has 2 aromatic rings. The van der Waals surface area contributed by atoms with Gasteiger partial charge in [0.15, 0.2) is 0 Å². The normalized spacial score (nSPS) is 14.6. The predicted molar refractivity (Wildman–Crippen MR) is 134 cm³/mol. The van der Waals surface area contributed by atoms with Gasteiger partial charge in [-0.1, -0.05) is 43.7 Å². The molecule has 5 heteroatoms. The first-order chi connectivity index (χ1) is 16.2. The largest absolute Gasteiger partial charge is 0.493 e. The van der Waals surface area contributed by atoms with Gasteiger partial charge in [0, 0.05) is 30.4 Å². The van der Waals surface area contributed by atoms with E-state index in [4.69, 9.17) is 10.00 Å². The molecule has 0 saturated carbocycles. The van der Waals surface area contributed by atoms with Crippen LogP contribution in [0.3, 0.4) is 0 Å². The Morgan fingerprint density at radius 1 is 1.18 bits per heavy atom. The molecule has 2 aromatic carbocycles. The Labute approximate surface area is 198 Å². The third kappa shape index (κ3) is 6.86. The molecular weight excluding hydrogens is 410 g/mol. The fourth-order valence-corrected chi connectivity index (χ4v) is 4.46. The van der Waals surface area contributed by atoms with Gasteiger partial charge in [-0.15, -0.1) is 0 Å². The minimum absolute atomic E-state index is 0.00432. The van der Waals surface area contributed by atoms with Crippen LogP contribution in [-0.4, -0.2) is 25.6 Å². The summed E-state index contributed by atoms with van der Waals surface area (Å²) in [5.74, 6) is 0.694. The van der Waals surface area contributed by atoms with Crippen molar-refractivity contribution in [3.63, 3.8) is 0 Å². The van der Waals surface area contributed by atoms with E-state index in [-0.39, 0.29) is 18.4 Å². The number of carbonyl (C=O) groups excluding carboxylic acids is 1. The summed E-state index contributed by atoms with van der Waals surface area (Å²) in [6, 6.07) is 16.2. The molecule has 1 N–H and O–H groups in total. The number of rotatable bonds is 10. The number of carbonyl (C=O) groups is 1. The first-order valence-corrected chi connectivity index (χ1v) is 12.1. The SMILES string of the molecule is CCCC(NC(=O)Cc1ccc(C=CC#N)c(OCC)c1)c1ccccc1N1CCCCC1. The number of allylic oxidation sites excluding steroid dienone is 1. The van der Waals surface area contributed by atoms with E-state index >= 15 is 0 Å². The predicted octanol–water partition coefficient (Wildman–Crippen LogP) is 5.81. The van der Waals surface area contributed by atoms with Gasteiger partial charge < -0.3 is 15.0 Å². The molecule has 3 rings (SSSR count). The maximum Gasteiger partial charge on any atom is 0.224 e. The Balaban J connectivity index is 1.76. The lowest BCUT2D eigenvalue weighted by Gasteiger charge is -2.32. The van der Waals surface area contributed by atoms with E-state index < -0.39 is 0 Å². The summed E-state index contributed by atoms with van der Waals surface area (Å²) >= 11 is 0. The van der Waals surface area contributed by atoms with Crippen LogP contribution in [0.1, 0.15) is 68.7 Å². The number of nitriles is 1. The summed E-state index contributed by atoms with van der Waals surface area (Å²) in [6.07, 6.45) is 9.08. The molecule has 0 aliphatic carbocycles. The van der Waals surface area contributed by atoms with Crippen molar-refractivity contribution in [2.75, 3.05) is 24.6 Å². The second-order valence-corrected chi connectivity index (χ2v) is 8.46. The molecule has 1 saturated heterocycles. The number of benzene rings is 2. The molecule has 1 heterocycles. The Bertz CT molecular complexity index is 987. The zero-order valence-corrected chi connectivity index (χ0v) is 19.8. The van der Waals surface area contributed by atoms with Crippen molar-refractivity contribution >= 4 is 17.7 Å². The number of amides is 1. The number of nitrogens with zero attached hydrogens (tertiary/aromatic N) is 2. The van der Waals surface area contributed by atoms with E-state index in [1.54, 1.807) is 6.08 Å². The van der Waals surface area contributed by atoms with Gasteiger partial charge >= 0.3 is 0 Å². The molecule has 1 aliphatic rings. The Hall–Kier alpha value is -3.26. The van der Waals surface area contributed by atoms with E-state index in [0.717, 1.165) is 37.1 Å². The molecule has 1 atom stereocenters. The summed E-state index contributed by atoms with van der Waals surface area (Å²) in [7, 11) is 0. The molecule has 0 spiro atoms. The van der Waals surface area contributed by atoms with Crippen molar-refractivity contribution in [2.45, 2.75) is 58.4 Å². The summed E-state index contributed by atoms with van der Waals surface area (Å²) in [4.78, 5) is 15.5. The molecule has 1 aliphatic heterocycles. The highest BCUT2D eigenvalue weighted by molar-refractivity contribution is 5.80. The van der Waals surface area contributed by atoms with E-state index in [1.807, 2.05) is 31.2 Å². The van der Waals surface area contributed by atoms with Crippen molar-refractivity contribution in [3.8, 4) is 11.8 Å². The van der Waals surface area contributed by atoms with Crippen LogP contribution in [0, 0.1) is 11.3 Å². The summed E-state index contributed by atoms with van der Waals surface area (Å²) in [6.45, 7) is 6.76. The first kappa shape index (κ1) is 24.4. The van der Waals surface area contributed by atoms with E-state index in [9.17, 15) is 4.79 Å². The Morgan fingerprint density at radius 3 is 2.70 bits per heavy atom.